The van der Waals surface area contributed by atoms with E-state index in [1.54, 1.807) is 0 Å². The molecule has 2 aromatic rings. The SMILES string of the molecule is C[C@H](c1ccc(Cl)cc1)N(C)C(=O)C1CCN(C(=O)c2cccs2)CC1. The number of piperidine rings is 1. The van der Waals surface area contributed by atoms with Crippen molar-refractivity contribution in [2.75, 3.05) is 20.1 Å². The maximum Gasteiger partial charge on any atom is 0.263 e. The van der Waals surface area contributed by atoms with Crippen LogP contribution in [-0.2, 0) is 4.79 Å². The highest BCUT2D eigenvalue weighted by molar-refractivity contribution is 7.12. The second-order valence-corrected chi connectivity index (χ2v) is 8.10. The van der Waals surface area contributed by atoms with Crippen LogP contribution in [-0.4, -0.2) is 41.8 Å². The molecule has 6 heteroatoms. The number of carbonyl (C=O) groups is 2. The van der Waals surface area contributed by atoms with E-state index in [1.165, 1.54) is 11.3 Å². The Morgan fingerprint density at radius 1 is 1.19 bits per heavy atom. The van der Waals surface area contributed by atoms with Crippen molar-refractivity contribution < 1.29 is 9.59 Å². The van der Waals surface area contributed by atoms with Gasteiger partial charge in [-0.15, -0.1) is 11.3 Å². The normalized spacial score (nSPS) is 16.3. The number of benzene rings is 1. The van der Waals surface area contributed by atoms with Crippen molar-refractivity contribution in [3.05, 3.63) is 57.2 Å². The van der Waals surface area contributed by atoms with Gasteiger partial charge in [-0.3, -0.25) is 9.59 Å². The second kappa shape index (κ2) is 8.23. The van der Waals surface area contributed by atoms with Gasteiger partial charge in [0, 0.05) is 31.1 Å². The number of rotatable bonds is 4. The molecule has 0 radical (unpaired) electrons. The molecule has 1 saturated heterocycles. The minimum Gasteiger partial charge on any atom is -0.339 e. The summed E-state index contributed by atoms with van der Waals surface area (Å²) in [6.07, 6.45) is 1.43. The molecule has 0 bridgehead atoms. The zero-order valence-electron chi connectivity index (χ0n) is 15.0. The van der Waals surface area contributed by atoms with Gasteiger partial charge in [0.05, 0.1) is 10.9 Å². The van der Waals surface area contributed by atoms with Crippen LogP contribution >= 0.6 is 22.9 Å². The first-order valence-corrected chi connectivity index (χ1v) is 10.1. The van der Waals surface area contributed by atoms with E-state index < -0.39 is 0 Å². The Morgan fingerprint density at radius 3 is 2.42 bits per heavy atom. The van der Waals surface area contributed by atoms with Crippen LogP contribution in [0.3, 0.4) is 0 Å². The molecule has 1 fully saturated rings. The molecule has 0 spiro atoms. The number of nitrogens with zero attached hydrogens (tertiary/aromatic N) is 2. The third-order valence-corrected chi connectivity index (χ3v) is 6.25. The maximum absolute atomic E-state index is 12.9. The summed E-state index contributed by atoms with van der Waals surface area (Å²) in [5.74, 6) is 0.201. The average Bonchev–Trinajstić information content (AvgIpc) is 3.21. The number of amides is 2. The molecule has 1 aromatic carbocycles. The van der Waals surface area contributed by atoms with Gasteiger partial charge in [-0.2, -0.15) is 0 Å². The van der Waals surface area contributed by atoms with E-state index in [1.807, 2.05) is 65.5 Å². The van der Waals surface area contributed by atoms with Gasteiger partial charge >= 0.3 is 0 Å². The van der Waals surface area contributed by atoms with Gasteiger partial charge < -0.3 is 9.80 Å². The summed E-state index contributed by atoms with van der Waals surface area (Å²) in [5, 5.41) is 2.61. The molecule has 0 aliphatic carbocycles. The van der Waals surface area contributed by atoms with Crippen molar-refractivity contribution >= 4 is 34.8 Å². The summed E-state index contributed by atoms with van der Waals surface area (Å²) in [5.41, 5.74) is 1.07. The largest absolute Gasteiger partial charge is 0.339 e. The molecule has 26 heavy (non-hydrogen) atoms. The summed E-state index contributed by atoms with van der Waals surface area (Å²) < 4.78 is 0. The highest BCUT2D eigenvalue weighted by Gasteiger charge is 2.31. The quantitative estimate of drug-likeness (QED) is 0.772. The van der Waals surface area contributed by atoms with Gasteiger partial charge in [-0.05, 0) is 48.9 Å². The lowest BCUT2D eigenvalue weighted by atomic mass is 9.94. The Labute approximate surface area is 163 Å². The first kappa shape index (κ1) is 18.9. The van der Waals surface area contributed by atoms with Gasteiger partial charge in [0.2, 0.25) is 5.91 Å². The van der Waals surface area contributed by atoms with Gasteiger partial charge in [0.25, 0.3) is 5.91 Å². The van der Waals surface area contributed by atoms with E-state index in [2.05, 4.69) is 0 Å². The Morgan fingerprint density at radius 2 is 1.85 bits per heavy atom. The number of likely N-dealkylation sites (tertiary alicyclic amines) is 1. The zero-order valence-corrected chi connectivity index (χ0v) is 16.6. The molecule has 1 aliphatic heterocycles. The molecule has 1 aliphatic rings. The number of hydrogen-bond donors (Lipinski definition) is 0. The van der Waals surface area contributed by atoms with Crippen LogP contribution in [0.15, 0.2) is 41.8 Å². The second-order valence-electron chi connectivity index (χ2n) is 6.72. The smallest absolute Gasteiger partial charge is 0.263 e. The molecule has 0 unspecified atom stereocenters. The van der Waals surface area contributed by atoms with Gasteiger partial charge in [0.1, 0.15) is 0 Å². The molecule has 2 heterocycles. The molecule has 138 valence electrons. The van der Waals surface area contributed by atoms with Crippen LogP contribution in [0.5, 0.6) is 0 Å². The lowest BCUT2D eigenvalue weighted by Gasteiger charge is -2.35. The number of hydrogen-bond acceptors (Lipinski definition) is 3. The molecule has 0 N–H and O–H groups in total. The summed E-state index contributed by atoms with van der Waals surface area (Å²) in [6, 6.07) is 11.3. The third-order valence-electron chi connectivity index (χ3n) is 5.14. The van der Waals surface area contributed by atoms with E-state index in [0.29, 0.717) is 31.0 Å². The molecule has 2 amide bonds. The fourth-order valence-electron chi connectivity index (χ4n) is 3.33. The van der Waals surface area contributed by atoms with E-state index in [9.17, 15) is 9.59 Å². The minimum absolute atomic E-state index is 0.00875. The molecule has 4 nitrogen and oxygen atoms in total. The molecule has 3 rings (SSSR count). The van der Waals surface area contributed by atoms with Crippen LogP contribution in [0, 0.1) is 5.92 Å². The first-order valence-electron chi connectivity index (χ1n) is 8.82. The summed E-state index contributed by atoms with van der Waals surface area (Å²) in [6.45, 7) is 3.29. The standard InChI is InChI=1S/C20H23ClN2O2S/c1-14(15-5-7-17(21)8-6-15)22(2)19(24)16-9-11-23(12-10-16)20(25)18-4-3-13-26-18/h3-8,13-14,16H,9-12H2,1-2H3/t14-/m1/s1. The van der Waals surface area contributed by atoms with Gasteiger partial charge in [0.15, 0.2) is 0 Å². The van der Waals surface area contributed by atoms with Crippen molar-refractivity contribution in [1.82, 2.24) is 9.80 Å². The first-order chi connectivity index (χ1) is 12.5. The van der Waals surface area contributed by atoms with E-state index in [4.69, 9.17) is 11.6 Å². The minimum atomic E-state index is -0.0258. The molecule has 0 saturated carbocycles. The predicted octanol–water partition coefficient (Wildman–Crippen LogP) is 4.47. The predicted molar refractivity (Wildman–Crippen MR) is 106 cm³/mol. The van der Waals surface area contributed by atoms with Crippen molar-refractivity contribution in [1.29, 1.82) is 0 Å². The molecule has 1 atom stereocenters. The average molecular weight is 391 g/mol. The lowest BCUT2D eigenvalue weighted by molar-refractivity contribution is -0.137. The Balaban J connectivity index is 1.57. The van der Waals surface area contributed by atoms with Crippen molar-refractivity contribution in [2.24, 2.45) is 5.92 Å². The number of carbonyl (C=O) groups excluding carboxylic acids is 2. The van der Waals surface area contributed by atoms with Crippen LogP contribution in [0.1, 0.15) is 41.0 Å². The fraction of sp³-hybridized carbons (Fsp3) is 0.400. The van der Waals surface area contributed by atoms with Crippen LogP contribution in [0.2, 0.25) is 5.02 Å². The van der Waals surface area contributed by atoms with Crippen LogP contribution in [0.4, 0.5) is 0 Å². The molecular weight excluding hydrogens is 368 g/mol. The zero-order chi connectivity index (χ0) is 18.7. The van der Waals surface area contributed by atoms with E-state index >= 15 is 0 Å². The molecular formula is C20H23ClN2O2S. The topological polar surface area (TPSA) is 40.6 Å². The highest BCUT2D eigenvalue weighted by Crippen LogP contribution is 2.27. The monoisotopic (exact) mass is 390 g/mol. The Hall–Kier alpha value is -1.85. The van der Waals surface area contributed by atoms with E-state index in [0.717, 1.165) is 10.4 Å². The summed E-state index contributed by atoms with van der Waals surface area (Å²) in [4.78, 5) is 29.7. The third kappa shape index (κ3) is 4.10. The van der Waals surface area contributed by atoms with Crippen molar-refractivity contribution in [3.63, 3.8) is 0 Å². The highest BCUT2D eigenvalue weighted by atomic mass is 35.5. The van der Waals surface area contributed by atoms with Crippen LogP contribution < -0.4 is 0 Å². The van der Waals surface area contributed by atoms with Crippen molar-refractivity contribution in [3.8, 4) is 0 Å². The fourth-order valence-corrected chi connectivity index (χ4v) is 4.15. The summed E-state index contributed by atoms with van der Waals surface area (Å²) >= 11 is 7.41. The van der Waals surface area contributed by atoms with Crippen LogP contribution in [0.25, 0.3) is 0 Å². The maximum atomic E-state index is 12.9. The molecule has 1 aromatic heterocycles. The number of thiophene rings is 1. The summed E-state index contributed by atoms with van der Waals surface area (Å²) in [7, 11) is 1.85. The van der Waals surface area contributed by atoms with E-state index in [-0.39, 0.29) is 23.8 Å². The lowest BCUT2D eigenvalue weighted by Crippen LogP contribution is -2.43. The van der Waals surface area contributed by atoms with Crippen molar-refractivity contribution in [2.45, 2.75) is 25.8 Å². The van der Waals surface area contributed by atoms with Gasteiger partial charge in [-0.1, -0.05) is 29.8 Å². The Bertz CT molecular complexity index is 753. The number of halogens is 1. The Kier molecular flexibility index (Phi) is 5.99. The van der Waals surface area contributed by atoms with Gasteiger partial charge in [-0.25, -0.2) is 0 Å².